The first-order valence-electron chi connectivity index (χ1n) is 13.7. The summed E-state index contributed by atoms with van der Waals surface area (Å²) in [6, 6.07) is 4.42. The second kappa shape index (κ2) is 13.5. The van der Waals surface area contributed by atoms with Crippen LogP contribution in [0.15, 0.2) is 18.2 Å². The van der Waals surface area contributed by atoms with Gasteiger partial charge < -0.3 is 34.4 Å². The van der Waals surface area contributed by atoms with Crippen LogP contribution in [0.5, 0.6) is 23.0 Å². The third-order valence-electron chi connectivity index (χ3n) is 7.23. The number of fused-ring (bicyclic) bond motifs is 2. The van der Waals surface area contributed by atoms with E-state index in [2.05, 4.69) is 0 Å². The van der Waals surface area contributed by atoms with Crippen molar-refractivity contribution in [1.29, 1.82) is 0 Å². The van der Waals surface area contributed by atoms with Crippen molar-refractivity contribution in [2.45, 2.75) is 46.2 Å². The van der Waals surface area contributed by atoms with Gasteiger partial charge in [-0.2, -0.15) is 0 Å². The van der Waals surface area contributed by atoms with Crippen molar-refractivity contribution in [3.05, 3.63) is 45.8 Å². The number of ketones is 1. The molecule has 2 atom stereocenters. The molecule has 0 saturated heterocycles. The van der Waals surface area contributed by atoms with Crippen molar-refractivity contribution in [3.8, 4) is 23.0 Å². The molecule has 0 bridgehead atoms. The highest BCUT2D eigenvalue weighted by atomic mass is 32.1. The molecule has 1 amide bonds. The lowest BCUT2D eigenvalue weighted by molar-refractivity contribution is -0.145. The molecule has 0 radical (unpaired) electrons. The largest absolute Gasteiger partial charge is 0.502 e. The van der Waals surface area contributed by atoms with Crippen molar-refractivity contribution in [1.82, 2.24) is 4.90 Å². The molecule has 236 valence electrons. The quantitative estimate of drug-likeness (QED) is 0.163. The minimum Gasteiger partial charge on any atom is -0.502 e. The molecule has 0 saturated carbocycles. The Morgan fingerprint density at radius 2 is 1.57 bits per heavy atom. The van der Waals surface area contributed by atoms with E-state index < -0.39 is 52.8 Å². The molecule has 1 aliphatic heterocycles. The number of carboxylic acids is 2. The molecular formula is C30H31F2NO10S. The van der Waals surface area contributed by atoms with E-state index in [9.17, 15) is 28.7 Å². The predicted molar refractivity (Wildman–Crippen MR) is 153 cm³/mol. The fourth-order valence-corrected chi connectivity index (χ4v) is 5.68. The summed E-state index contributed by atoms with van der Waals surface area (Å²) in [6.07, 6.45) is -0.227. The maximum Gasteiger partial charge on any atom is 0.306 e. The van der Waals surface area contributed by atoms with Gasteiger partial charge >= 0.3 is 11.9 Å². The predicted octanol–water partition coefficient (Wildman–Crippen LogP) is 4.99. The number of phenolic OH excluding ortho intramolecular Hbond substituents is 1. The summed E-state index contributed by atoms with van der Waals surface area (Å²) in [5.41, 5.74) is 0.566. The molecule has 4 rings (SSSR count). The topological polar surface area (TPSA) is 160 Å². The molecule has 2 aromatic carbocycles. The highest BCUT2D eigenvalue weighted by Gasteiger charge is 2.31. The lowest BCUT2D eigenvalue weighted by Gasteiger charge is -2.16. The van der Waals surface area contributed by atoms with Crippen LogP contribution in [0, 0.1) is 23.5 Å². The number of hydrogen-bond acceptors (Lipinski definition) is 9. The van der Waals surface area contributed by atoms with Crippen LogP contribution in [0.2, 0.25) is 0 Å². The van der Waals surface area contributed by atoms with E-state index in [0.29, 0.717) is 10.9 Å². The van der Waals surface area contributed by atoms with E-state index in [1.54, 1.807) is 0 Å². The Morgan fingerprint density at radius 3 is 2.20 bits per heavy atom. The van der Waals surface area contributed by atoms with Crippen LogP contribution in [0.25, 0.3) is 10.1 Å². The van der Waals surface area contributed by atoms with Gasteiger partial charge in [0.15, 0.2) is 40.4 Å². The average molecular weight is 636 g/mol. The maximum atomic E-state index is 15.2. The van der Waals surface area contributed by atoms with Gasteiger partial charge in [-0.05, 0) is 23.8 Å². The third-order valence-corrected chi connectivity index (χ3v) is 8.41. The number of carbonyl (C=O) groups excluding carboxylic acids is 2. The second-order valence-corrected chi connectivity index (χ2v) is 11.6. The number of carbonyl (C=O) groups is 4. The molecule has 1 aliphatic rings. The number of aliphatic carboxylic acids is 2. The Bertz CT molecular complexity index is 1620. The molecule has 3 N–H and O–H groups in total. The van der Waals surface area contributed by atoms with Crippen molar-refractivity contribution in [2.75, 3.05) is 20.3 Å². The van der Waals surface area contributed by atoms with Crippen LogP contribution in [0.3, 0.4) is 0 Å². The summed E-state index contributed by atoms with van der Waals surface area (Å²) in [6.45, 7) is 2.77. The Labute approximate surface area is 254 Å². The van der Waals surface area contributed by atoms with Gasteiger partial charge in [-0.25, -0.2) is 8.78 Å². The number of Topliss-reactive ketones (excluding diaryl/α,β-unsaturated/α-hetero) is 1. The van der Waals surface area contributed by atoms with Gasteiger partial charge in [-0.1, -0.05) is 13.8 Å². The van der Waals surface area contributed by atoms with Crippen LogP contribution in [0.1, 0.15) is 53.9 Å². The van der Waals surface area contributed by atoms with Gasteiger partial charge in [-0.15, -0.1) is 11.3 Å². The van der Waals surface area contributed by atoms with Crippen LogP contribution in [0.4, 0.5) is 8.78 Å². The standard InChI is InChI=1S/C30H31F2NO10S/c1-14(29(37)38)7-19(34)22-11-16-9-21(27(41-3)25(32)28(16)44-22)43-6-4-5-42-20-10-17-12-33(13-18(17)24(31)26(20)36)23(35)8-15(2)30(39)40/h9-11,14-15,36H,4-8,12-13H2,1-3H3,(H,37,38)(H,39,40)/t14-,15-/m0/s1. The van der Waals surface area contributed by atoms with Gasteiger partial charge in [0.2, 0.25) is 5.91 Å². The molecule has 2 heterocycles. The van der Waals surface area contributed by atoms with E-state index in [1.807, 2.05) is 0 Å². The SMILES string of the molecule is COc1c(OCCCOc2cc3c(c(F)c2O)CN(C(=O)C[C@H](C)C(=O)O)C3)cc2cc(C(=O)C[C@H](C)C(=O)O)sc2c1F. The van der Waals surface area contributed by atoms with E-state index in [-0.39, 0.29) is 78.0 Å². The number of halogens is 2. The fourth-order valence-electron chi connectivity index (χ4n) is 4.66. The summed E-state index contributed by atoms with van der Waals surface area (Å²) in [4.78, 5) is 48.7. The summed E-state index contributed by atoms with van der Waals surface area (Å²) in [7, 11) is 1.26. The number of thiophene rings is 1. The van der Waals surface area contributed by atoms with Crippen molar-refractivity contribution < 1.29 is 57.5 Å². The molecule has 1 aromatic heterocycles. The first-order valence-corrected chi connectivity index (χ1v) is 14.5. The number of ether oxygens (including phenoxy) is 3. The molecule has 0 fully saturated rings. The summed E-state index contributed by atoms with van der Waals surface area (Å²) in [5, 5.41) is 28.8. The normalized spacial score (nSPS) is 13.8. The van der Waals surface area contributed by atoms with Crippen LogP contribution in [-0.4, -0.2) is 64.2 Å². The number of methoxy groups -OCH3 is 1. The first kappa shape index (κ1) is 32.5. The number of benzene rings is 2. The Hall–Kier alpha value is -4.46. The Kier molecular flexibility index (Phi) is 9.92. The smallest absolute Gasteiger partial charge is 0.306 e. The third kappa shape index (κ3) is 6.85. The summed E-state index contributed by atoms with van der Waals surface area (Å²) < 4.78 is 46.8. The molecule has 14 heteroatoms. The number of amides is 1. The number of rotatable bonds is 14. The zero-order valence-electron chi connectivity index (χ0n) is 24.1. The zero-order chi connectivity index (χ0) is 32.3. The maximum absolute atomic E-state index is 15.2. The number of nitrogens with zero attached hydrogens (tertiary/aromatic N) is 1. The van der Waals surface area contributed by atoms with Crippen molar-refractivity contribution in [3.63, 3.8) is 0 Å². The first-order chi connectivity index (χ1) is 20.8. The van der Waals surface area contributed by atoms with Crippen LogP contribution < -0.4 is 14.2 Å². The molecule has 11 nitrogen and oxygen atoms in total. The summed E-state index contributed by atoms with van der Waals surface area (Å²) in [5.74, 6) is -7.46. The zero-order valence-corrected chi connectivity index (χ0v) is 25.0. The average Bonchev–Trinajstić information content (AvgIpc) is 3.60. The van der Waals surface area contributed by atoms with E-state index in [1.165, 1.54) is 44.1 Å². The summed E-state index contributed by atoms with van der Waals surface area (Å²) >= 11 is 0.897. The highest BCUT2D eigenvalue weighted by molar-refractivity contribution is 7.20. The lowest BCUT2D eigenvalue weighted by atomic mass is 10.0. The number of phenols is 1. The Balaban J connectivity index is 1.37. The second-order valence-electron chi connectivity index (χ2n) is 10.5. The van der Waals surface area contributed by atoms with Gasteiger partial charge in [0.05, 0.1) is 41.7 Å². The molecule has 0 unspecified atom stereocenters. The number of hydrogen-bond donors (Lipinski definition) is 3. The van der Waals surface area contributed by atoms with E-state index >= 15 is 4.39 Å². The number of carboxylic acid groups (broad SMARTS) is 2. The minimum absolute atomic E-state index is 0.0174. The van der Waals surface area contributed by atoms with E-state index in [0.717, 1.165) is 11.3 Å². The molecular weight excluding hydrogens is 604 g/mol. The Morgan fingerprint density at radius 1 is 0.932 bits per heavy atom. The molecule has 3 aromatic rings. The van der Waals surface area contributed by atoms with Gasteiger partial charge in [0.1, 0.15) is 0 Å². The fraction of sp³-hybridized carbons (Fsp3) is 0.400. The molecule has 44 heavy (non-hydrogen) atoms. The molecule has 0 spiro atoms. The van der Waals surface area contributed by atoms with Crippen molar-refractivity contribution >= 4 is 45.1 Å². The lowest BCUT2D eigenvalue weighted by Crippen LogP contribution is -2.28. The molecule has 0 aliphatic carbocycles. The highest BCUT2D eigenvalue weighted by Crippen LogP contribution is 2.41. The van der Waals surface area contributed by atoms with Crippen LogP contribution >= 0.6 is 11.3 Å². The number of aromatic hydroxyl groups is 1. The van der Waals surface area contributed by atoms with Gasteiger partial charge in [-0.3, -0.25) is 19.2 Å². The van der Waals surface area contributed by atoms with E-state index in [4.69, 9.17) is 24.4 Å². The monoisotopic (exact) mass is 635 g/mol. The minimum atomic E-state index is -1.11. The van der Waals surface area contributed by atoms with Gasteiger partial charge in [0, 0.05) is 43.3 Å². The van der Waals surface area contributed by atoms with Crippen LogP contribution in [-0.2, 0) is 27.5 Å². The van der Waals surface area contributed by atoms with Crippen molar-refractivity contribution in [2.24, 2.45) is 11.8 Å². The van der Waals surface area contributed by atoms with Gasteiger partial charge in [0.25, 0.3) is 0 Å².